The second-order valence-corrected chi connectivity index (χ2v) is 8.25. The van der Waals surface area contributed by atoms with Crippen LogP contribution >= 0.6 is 0 Å². The van der Waals surface area contributed by atoms with Crippen molar-refractivity contribution in [3.8, 4) is 5.75 Å². The summed E-state index contributed by atoms with van der Waals surface area (Å²) in [5.41, 5.74) is 1.85. The molecule has 4 rings (SSSR count). The molecule has 1 aliphatic heterocycles. The van der Waals surface area contributed by atoms with Crippen LogP contribution in [-0.2, 0) is 6.54 Å². The van der Waals surface area contributed by atoms with Gasteiger partial charge in [-0.05, 0) is 36.2 Å². The molecule has 1 fully saturated rings. The fraction of sp³-hybridized carbons (Fsp3) is 0.360. The number of anilines is 3. The molecule has 0 bridgehead atoms. The second kappa shape index (κ2) is 11.4. The molecule has 1 N–H and O–H groups in total. The van der Waals surface area contributed by atoms with Crippen molar-refractivity contribution in [2.45, 2.75) is 26.3 Å². The largest absolute Gasteiger partial charge is 0.494 e. The van der Waals surface area contributed by atoms with Gasteiger partial charge >= 0.3 is 5.69 Å². The summed E-state index contributed by atoms with van der Waals surface area (Å²) in [5.74, 6) is 1.30. The number of nitrogens with zero attached hydrogens (tertiary/aromatic N) is 5. The Hall–Kier alpha value is -3.72. The van der Waals surface area contributed by atoms with Gasteiger partial charge in [0.05, 0.1) is 11.5 Å². The lowest BCUT2D eigenvalue weighted by atomic mass is 10.2. The van der Waals surface area contributed by atoms with E-state index in [2.05, 4.69) is 39.2 Å². The number of hydrogen-bond donors (Lipinski definition) is 1. The van der Waals surface area contributed by atoms with E-state index in [1.54, 1.807) is 0 Å². The van der Waals surface area contributed by atoms with Crippen LogP contribution in [0.15, 0.2) is 60.9 Å². The lowest BCUT2D eigenvalue weighted by Crippen LogP contribution is -2.46. The van der Waals surface area contributed by atoms with E-state index in [-0.39, 0.29) is 11.5 Å². The van der Waals surface area contributed by atoms with Gasteiger partial charge in [0.25, 0.3) is 0 Å². The fourth-order valence-electron chi connectivity index (χ4n) is 3.93. The lowest BCUT2D eigenvalue weighted by Gasteiger charge is -2.35. The molecule has 0 saturated carbocycles. The summed E-state index contributed by atoms with van der Waals surface area (Å²) in [6.07, 6.45) is 3.45. The summed E-state index contributed by atoms with van der Waals surface area (Å²) in [6, 6.07) is 17.7. The first-order valence-electron chi connectivity index (χ1n) is 11.6. The smallest absolute Gasteiger partial charge is 0.353 e. The Kier molecular flexibility index (Phi) is 7.87. The predicted octanol–water partition coefficient (Wildman–Crippen LogP) is 4.63. The molecule has 9 heteroatoms. The fourth-order valence-corrected chi connectivity index (χ4v) is 3.93. The van der Waals surface area contributed by atoms with Gasteiger partial charge in [-0.1, -0.05) is 43.7 Å². The number of aromatic nitrogens is 2. The van der Waals surface area contributed by atoms with Crippen molar-refractivity contribution >= 4 is 23.0 Å². The van der Waals surface area contributed by atoms with Crippen LogP contribution in [0.5, 0.6) is 5.75 Å². The van der Waals surface area contributed by atoms with E-state index in [0.29, 0.717) is 31.2 Å². The molecule has 1 saturated heterocycles. The van der Waals surface area contributed by atoms with Crippen LogP contribution in [0.3, 0.4) is 0 Å². The number of nitro groups is 1. The maximum atomic E-state index is 12.0. The molecule has 34 heavy (non-hydrogen) atoms. The van der Waals surface area contributed by atoms with Crippen LogP contribution in [0.25, 0.3) is 0 Å². The van der Waals surface area contributed by atoms with E-state index in [0.717, 1.165) is 38.2 Å². The number of ether oxygens (including phenoxy) is 1. The maximum Gasteiger partial charge on any atom is 0.353 e. The van der Waals surface area contributed by atoms with Gasteiger partial charge in [0.2, 0.25) is 11.6 Å². The molecule has 0 radical (unpaired) electrons. The van der Waals surface area contributed by atoms with E-state index in [9.17, 15) is 10.1 Å². The Balaban J connectivity index is 1.44. The second-order valence-electron chi connectivity index (χ2n) is 8.25. The van der Waals surface area contributed by atoms with E-state index >= 15 is 0 Å². The molecule has 2 heterocycles. The molecular formula is C25H30N6O3. The predicted molar refractivity (Wildman–Crippen MR) is 133 cm³/mol. The highest BCUT2D eigenvalue weighted by Crippen LogP contribution is 2.34. The van der Waals surface area contributed by atoms with Crippen LogP contribution in [0.1, 0.15) is 25.3 Å². The third-order valence-electron chi connectivity index (χ3n) is 5.79. The summed E-state index contributed by atoms with van der Waals surface area (Å²) < 4.78 is 5.69. The van der Waals surface area contributed by atoms with Crippen molar-refractivity contribution in [2.75, 3.05) is 43.0 Å². The Morgan fingerprint density at radius 2 is 1.76 bits per heavy atom. The standard InChI is InChI=1S/C25H30N6O3/c1-2-3-17-34-22-11-9-21(10-12-22)28-24-23(31(32)33)25(27-19-26-24)30-15-13-29(14-16-30)18-20-7-5-4-6-8-20/h4-12,19H,2-3,13-18H2,1H3,(H,26,27,28). The first-order chi connectivity index (χ1) is 16.6. The highest BCUT2D eigenvalue weighted by atomic mass is 16.6. The Bertz CT molecular complexity index is 1070. The average Bonchev–Trinajstić information content (AvgIpc) is 2.86. The quantitative estimate of drug-likeness (QED) is 0.265. The van der Waals surface area contributed by atoms with Crippen molar-refractivity contribution in [1.82, 2.24) is 14.9 Å². The van der Waals surface area contributed by atoms with Crippen molar-refractivity contribution in [3.63, 3.8) is 0 Å². The van der Waals surface area contributed by atoms with E-state index in [1.807, 2.05) is 47.4 Å². The van der Waals surface area contributed by atoms with Gasteiger partial charge in [-0.2, -0.15) is 0 Å². The van der Waals surface area contributed by atoms with E-state index in [1.165, 1.54) is 11.9 Å². The molecule has 2 aromatic carbocycles. The first kappa shape index (κ1) is 23.4. The molecule has 0 atom stereocenters. The number of benzene rings is 2. The Morgan fingerprint density at radius 1 is 1.03 bits per heavy atom. The highest BCUT2D eigenvalue weighted by Gasteiger charge is 2.29. The number of unbranched alkanes of at least 4 members (excludes halogenated alkanes) is 1. The number of hydrogen-bond acceptors (Lipinski definition) is 8. The van der Waals surface area contributed by atoms with Gasteiger partial charge in [0.15, 0.2) is 0 Å². The van der Waals surface area contributed by atoms with Crippen LogP contribution in [-0.4, -0.2) is 52.6 Å². The molecule has 9 nitrogen and oxygen atoms in total. The molecular weight excluding hydrogens is 432 g/mol. The highest BCUT2D eigenvalue weighted by molar-refractivity contribution is 5.74. The van der Waals surface area contributed by atoms with Gasteiger partial charge in [0, 0.05) is 38.4 Å². The van der Waals surface area contributed by atoms with Gasteiger partial charge < -0.3 is 15.0 Å². The van der Waals surface area contributed by atoms with Crippen LogP contribution in [0.2, 0.25) is 0 Å². The van der Waals surface area contributed by atoms with E-state index in [4.69, 9.17) is 4.74 Å². The first-order valence-corrected chi connectivity index (χ1v) is 11.6. The molecule has 1 aliphatic rings. The van der Waals surface area contributed by atoms with Gasteiger partial charge in [0.1, 0.15) is 12.1 Å². The third kappa shape index (κ3) is 5.99. The summed E-state index contributed by atoms with van der Waals surface area (Å²) in [6.45, 7) is 6.58. The summed E-state index contributed by atoms with van der Waals surface area (Å²) >= 11 is 0. The van der Waals surface area contributed by atoms with Crippen molar-refractivity contribution in [1.29, 1.82) is 0 Å². The minimum Gasteiger partial charge on any atom is -0.494 e. The molecule has 0 spiro atoms. The normalized spacial score (nSPS) is 14.1. The van der Waals surface area contributed by atoms with Gasteiger partial charge in [-0.15, -0.1) is 0 Å². The molecule has 0 unspecified atom stereocenters. The van der Waals surface area contributed by atoms with Crippen LogP contribution in [0, 0.1) is 10.1 Å². The van der Waals surface area contributed by atoms with Gasteiger partial charge in [-0.3, -0.25) is 15.0 Å². The van der Waals surface area contributed by atoms with Crippen molar-refractivity contribution in [2.24, 2.45) is 0 Å². The van der Waals surface area contributed by atoms with Crippen LogP contribution in [0.4, 0.5) is 23.0 Å². The zero-order valence-electron chi connectivity index (χ0n) is 19.4. The number of nitrogens with one attached hydrogen (secondary N) is 1. The molecule has 0 aliphatic carbocycles. The SMILES string of the molecule is CCCCOc1ccc(Nc2ncnc(N3CCN(Cc4ccccc4)CC3)c2[N+](=O)[O-])cc1. The molecule has 178 valence electrons. The Morgan fingerprint density at radius 3 is 2.44 bits per heavy atom. The van der Waals surface area contributed by atoms with Crippen molar-refractivity contribution in [3.05, 3.63) is 76.6 Å². The van der Waals surface area contributed by atoms with E-state index < -0.39 is 4.92 Å². The van der Waals surface area contributed by atoms with Crippen LogP contribution < -0.4 is 15.0 Å². The molecule has 3 aromatic rings. The number of rotatable bonds is 10. The summed E-state index contributed by atoms with van der Waals surface area (Å²) in [5, 5.41) is 15.1. The van der Waals surface area contributed by atoms with Crippen molar-refractivity contribution < 1.29 is 9.66 Å². The summed E-state index contributed by atoms with van der Waals surface area (Å²) in [7, 11) is 0. The van der Waals surface area contributed by atoms with Gasteiger partial charge in [-0.25, -0.2) is 9.97 Å². The molecule has 1 aromatic heterocycles. The lowest BCUT2D eigenvalue weighted by molar-refractivity contribution is -0.383. The zero-order chi connectivity index (χ0) is 23.8. The third-order valence-corrected chi connectivity index (χ3v) is 5.79. The topological polar surface area (TPSA) is 96.7 Å². The number of piperazine rings is 1. The molecule has 0 amide bonds. The minimum atomic E-state index is -0.407. The monoisotopic (exact) mass is 462 g/mol. The zero-order valence-corrected chi connectivity index (χ0v) is 19.4. The summed E-state index contributed by atoms with van der Waals surface area (Å²) in [4.78, 5) is 24.4. The Labute approximate surface area is 199 Å². The minimum absolute atomic E-state index is 0.109. The average molecular weight is 463 g/mol. The maximum absolute atomic E-state index is 12.0.